The zero-order valence-electron chi connectivity index (χ0n) is 11.1. The minimum Gasteiger partial charge on any atom is -0.475 e. The fraction of sp³-hybridized carbons (Fsp3) is 0.267. The van der Waals surface area contributed by atoms with Gasteiger partial charge in [-0.2, -0.15) is 0 Å². The molecule has 0 fully saturated rings. The van der Waals surface area contributed by atoms with Gasteiger partial charge in [-0.25, -0.2) is 4.79 Å². The molecule has 0 aliphatic heterocycles. The Morgan fingerprint density at radius 3 is 2.58 bits per heavy atom. The van der Waals surface area contributed by atoms with Gasteiger partial charge in [0.05, 0.1) is 5.25 Å². The maximum Gasteiger partial charge on any atom is 0.371 e. The molecule has 0 amide bonds. The number of thioether (sulfide) groups is 1. The van der Waals surface area contributed by atoms with Crippen LogP contribution >= 0.6 is 11.8 Å². The van der Waals surface area contributed by atoms with Gasteiger partial charge in [-0.15, -0.1) is 11.8 Å². The third-order valence-electron chi connectivity index (χ3n) is 2.87. The molecule has 4 heteroatoms. The Labute approximate surface area is 116 Å². The van der Waals surface area contributed by atoms with Crippen molar-refractivity contribution >= 4 is 17.7 Å². The lowest BCUT2D eigenvalue weighted by atomic mass is 10.2. The van der Waals surface area contributed by atoms with Crippen LogP contribution < -0.4 is 0 Å². The lowest BCUT2D eigenvalue weighted by molar-refractivity contribution is 0.0660. The minimum atomic E-state index is -1.03. The molecule has 0 bridgehead atoms. The number of carbonyl (C=O) groups is 1. The van der Waals surface area contributed by atoms with Crippen molar-refractivity contribution in [1.82, 2.24) is 0 Å². The highest BCUT2D eigenvalue weighted by Crippen LogP contribution is 2.37. The molecular formula is C15H16O3S. The quantitative estimate of drug-likeness (QED) is 0.838. The molecule has 0 saturated carbocycles. The number of hydrogen-bond acceptors (Lipinski definition) is 3. The highest BCUT2D eigenvalue weighted by atomic mass is 32.2. The summed E-state index contributed by atoms with van der Waals surface area (Å²) < 4.78 is 5.32. The number of rotatable bonds is 4. The number of aromatic carboxylic acids is 1. The zero-order valence-corrected chi connectivity index (χ0v) is 12.0. The van der Waals surface area contributed by atoms with Gasteiger partial charge in [0, 0.05) is 4.90 Å². The topological polar surface area (TPSA) is 50.4 Å². The van der Waals surface area contributed by atoms with E-state index in [0.717, 1.165) is 0 Å². The van der Waals surface area contributed by atoms with E-state index >= 15 is 0 Å². The Morgan fingerprint density at radius 2 is 2.00 bits per heavy atom. The van der Waals surface area contributed by atoms with Crippen LogP contribution in [0.15, 0.2) is 39.6 Å². The van der Waals surface area contributed by atoms with Crippen LogP contribution in [0.1, 0.15) is 39.6 Å². The SMILES string of the molecule is Cc1ccc(SC(C)c2ccc(C(=O)O)o2)c(C)c1. The second kappa shape index (κ2) is 5.53. The molecule has 0 radical (unpaired) electrons. The van der Waals surface area contributed by atoms with Crippen molar-refractivity contribution < 1.29 is 14.3 Å². The number of furan rings is 1. The predicted molar refractivity (Wildman–Crippen MR) is 75.9 cm³/mol. The van der Waals surface area contributed by atoms with E-state index in [-0.39, 0.29) is 11.0 Å². The largest absolute Gasteiger partial charge is 0.475 e. The maximum atomic E-state index is 10.8. The van der Waals surface area contributed by atoms with Crippen molar-refractivity contribution in [2.24, 2.45) is 0 Å². The van der Waals surface area contributed by atoms with Gasteiger partial charge in [0.2, 0.25) is 5.76 Å². The van der Waals surface area contributed by atoms with Crippen LogP contribution in [0.25, 0.3) is 0 Å². The van der Waals surface area contributed by atoms with E-state index in [4.69, 9.17) is 9.52 Å². The normalized spacial score (nSPS) is 12.4. The fourth-order valence-electron chi connectivity index (χ4n) is 1.87. The van der Waals surface area contributed by atoms with Crippen LogP contribution in [0.3, 0.4) is 0 Å². The highest BCUT2D eigenvalue weighted by molar-refractivity contribution is 7.99. The summed E-state index contributed by atoms with van der Waals surface area (Å²) in [5.74, 6) is -0.361. The molecule has 0 saturated heterocycles. The van der Waals surface area contributed by atoms with E-state index in [0.29, 0.717) is 5.76 Å². The predicted octanol–water partition coefficient (Wildman–Crippen LogP) is 4.45. The van der Waals surface area contributed by atoms with E-state index in [1.165, 1.54) is 22.1 Å². The van der Waals surface area contributed by atoms with Crippen LogP contribution in [-0.4, -0.2) is 11.1 Å². The molecule has 0 aliphatic carbocycles. The molecule has 2 aromatic rings. The first-order chi connectivity index (χ1) is 8.97. The Morgan fingerprint density at radius 1 is 1.26 bits per heavy atom. The Kier molecular flexibility index (Phi) is 4.00. The molecule has 1 N–H and O–H groups in total. The van der Waals surface area contributed by atoms with Gasteiger partial charge >= 0.3 is 5.97 Å². The van der Waals surface area contributed by atoms with Gasteiger partial charge in [-0.05, 0) is 44.5 Å². The van der Waals surface area contributed by atoms with Gasteiger partial charge in [0.15, 0.2) is 0 Å². The third-order valence-corrected chi connectivity index (χ3v) is 4.17. The average Bonchev–Trinajstić information content (AvgIpc) is 2.82. The van der Waals surface area contributed by atoms with Crippen molar-refractivity contribution in [2.45, 2.75) is 30.9 Å². The zero-order chi connectivity index (χ0) is 14.0. The van der Waals surface area contributed by atoms with Crippen LogP contribution in [0, 0.1) is 13.8 Å². The van der Waals surface area contributed by atoms with E-state index < -0.39 is 5.97 Å². The molecule has 1 atom stereocenters. The van der Waals surface area contributed by atoms with Gasteiger partial charge in [-0.3, -0.25) is 0 Å². The van der Waals surface area contributed by atoms with Crippen LogP contribution in [0.2, 0.25) is 0 Å². The first-order valence-electron chi connectivity index (χ1n) is 6.04. The molecule has 1 aromatic carbocycles. The third kappa shape index (κ3) is 3.20. The van der Waals surface area contributed by atoms with E-state index in [1.54, 1.807) is 17.8 Å². The van der Waals surface area contributed by atoms with Gasteiger partial charge in [0.1, 0.15) is 5.76 Å². The van der Waals surface area contributed by atoms with Crippen LogP contribution in [-0.2, 0) is 0 Å². The minimum absolute atomic E-state index is 0.0110. The Hall–Kier alpha value is -1.68. The number of carboxylic acids is 1. The molecule has 19 heavy (non-hydrogen) atoms. The molecule has 1 heterocycles. The molecule has 100 valence electrons. The second-order valence-electron chi connectivity index (χ2n) is 4.54. The Bertz CT molecular complexity index is 601. The summed E-state index contributed by atoms with van der Waals surface area (Å²) >= 11 is 1.67. The summed E-state index contributed by atoms with van der Waals surface area (Å²) in [6, 6.07) is 9.53. The molecular weight excluding hydrogens is 260 g/mol. The number of hydrogen-bond donors (Lipinski definition) is 1. The van der Waals surface area contributed by atoms with Crippen molar-refractivity contribution in [3.63, 3.8) is 0 Å². The summed E-state index contributed by atoms with van der Waals surface area (Å²) in [5, 5.41) is 8.92. The number of aryl methyl sites for hydroxylation is 2. The first kappa shape index (κ1) is 13.7. The molecule has 3 nitrogen and oxygen atoms in total. The van der Waals surface area contributed by atoms with Crippen LogP contribution in [0.4, 0.5) is 0 Å². The summed E-state index contributed by atoms with van der Waals surface area (Å²) in [6.45, 7) is 6.15. The Balaban J connectivity index is 2.15. The number of carboxylic acid groups (broad SMARTS) is 1. The van der Waals surface area contributed by atoms with Gasteiger partial charge < -0.3 is 9.52 Å². The lowest BCUT2D eigenvalue weighted by Crippen LogP contribution is -1.92. The fourth-order valence-corrected chi connectivity index (χ4v) is 2.88. The molecule has 0 aliphatic rings. The first-order valence-corrected chi connectivity index (χ1v) is 6.92. The summed E-state index contributed by atoms with van der Waals surface area (Å²) in [4.78, 5) is 12.0. The summed E-state index contributed by atoms with van der Waals surface area (Å²) in [7, 11) is 0. The van der Waals surface area contributed by atoms with Crippen molar-refractivity contribution in [2.75, 3.05) is 0 Å². The van der Waals surface area contributed by atoms with Gasteiger partial charge in [0.25, 0.3) is 0 Å². The standard InChI is InChI=1S/C15H16O3S/c1-9-4-7-14(10(2)8-9)19-11(3)12-5-6-13(18-12)15(16)17/h4-8,11H,1-3H3,(H,16,17). The monoisotopic (exact) mass is 276 g/mol. The smallest absolute Gasteiger partial charge is 0.371 e. The van der Waals surface area contributed by atoms with Gasteiger partial charge in [-0.1, -0.05) is 17.7 Å². The lowest BCUT2D eigenvalue weighted by Gasteiger charge is -2.11. The van der Waals surface area contributed by atoms with E-state index in [9.17, 15) is 4.79 Å². The van der Waals surface area contributed by atoms with E-state index in [2.05, 4.69) is 32.0 Å². The average molecular weight is 276 g/mol. The second-order valence-corrected chi connectivity index (χ2v) is 5.92. The maximum absolute atomic E-state index is 10.8. The molecule has 1 unspecified atom stereocenters. The number of benzene rings is 1. The van der Waals surface area contributed by atoms with E-state index in [1.807, 2.05) is 6.92 Å². The van der Waals surface area contributed by atoms with Crippen molar-refractivity contribution in [1.29, 1.82) is 0 Å². The summed E-state index contributed by atoms with van der Waals surface area (Å²) in [6.07, 6.45) is 0. The van der Waals surface area contributed by atoms with Crippen LogP contribution in [0.5, 0.6) is 0 Å². The van der Waals surface area contributed by atoms with Crippen molar-refractivity contribution in [3.05, 3.63) is 53.0 Å². The molecule has 2 rings (SSSR count). The molecule has 0 spiro atoms. The summed E-state index contributed by atoms with van der Waals surface area (Å²) in [5.41, 5.74) is 2.46. The van der Waals surface area contributed by atoms with Crippen molar-refractivity contribution in [3.8, 4) is 0 Å². The highest BCUT2D eigenvalue weighted by Gasteiger charge is 2.15. The molecule has 1 aromatic heterocycles.